The van der Waals surface area contributed by atoms with Crippen LogP contribution in [0.5, 0.6) is 0 Å². The van der Waals surface area contributed by atoms with Crippen molar-refractivity contribution in [2.24, 2.45) is 0 Å². The summed E-state index contributed by atoms with van der Waals surface area (Å²) in [5.41, 5.74) is 0. The van der Waals surface area contributed by atoms with Gasteiger partial charge in [0.15, 0.2) is 0 Å². The quantitative estimate of drug-likeness (QED) is 0.513. The first-order chi connectivity index (χ1) is 4.30. The molecule has 1 saturated heterocycles. The van der Waals surface area contributed by atoms with E-state index in [0.29, 0.717) is 5.37 Å². The molecule has 0 radical (unpaired) electrons. The van der Waals surface area contributed by atoms with Crippen molar-refractivity contribution in [1.82, 2.24) is 4.90 Å². The van der Waals surface area contributed by atoms with Crippen molar-refractivity contribution in [2.75, 3.05) is 13.6 Å². The number of rotatable bonds is 0. The maximum atomic E-state index is 4.31. The average molecular weight is 147 g/mol. The van der Waals surface area contributed by atoms with Crippen LogP contribution in [0.25, 0.3) is 0 Å². The molecule has 0 amide bonds. The molecule has 0 bridgehead atoms. The molecule has 1 unspecified atom stereocenters. The zero-order valence-electron chi connectivity index (χ0n) is 6.59. The topological polar surface area (TPSA) is 3.24 Å². The van der Waals surface area contributed by atoms with Crippen molar-refractivity contribution < 1.29 is 0 Å². The second-order valence-electron chi connectivity index (χ2n) is 2.10. The van der Waals surface area contributed by atoms with Gasteiger partial charge in [-0.05, 0) is 26.4 Å². The molecular formula is C7H17NS. The summed E-state index contributed by atoms with van der Waals surface area (Å²) in [6.45, 7) is 5.23. The van der Waals surface area contributed by atoms with Crippen LogP contribution in [0.3, 0.4) is 0 Å². The molecule has 0 aliphatic carbocycles. The molecule has 1 rings (SSSR count). The van der Waals surface area contributed by atoms with E-state index >= 15 is 0 Å². The highest BCUT2D eigenvalue weighted by Gasteiger charge is 2.15. The Hall–Kier alpha value is 0.310. The second kappa shape index (κ2) is 5.12. The minimum Gasteiger partial charge on any atom is -0.295 e. The van der Waals surface area contributed by atoms with Gasteiger partial charge in [-0.1, -0.05) is 13.8 Å². The number of nitrogens with zero attached hydrogens (tertiary/aromatic N) is 1. The molecule has 9 heavy (non-hydrogen) atoms. The van der Waals surface area contributed by atoms with Crippen LogP contribution in [0, 0.1) is 0 Å². The van der Waals surface area contributed by atoms with Gasteiger partial charge >= 0.3 is 0 Å². The summed E-state index contributed by atoms with van der Waals surface area (Å²) in [5.74, 6) is 0. The number of thiol groups is 1. The van der Waals surface area contributed by atoms with Crippen molar-refractivity contribution in [3.05, 3.63) is 0 Å². The van der Waals surface area contributed by atoms with Crippen LogP contribution in [0.1, 0.15) is 26.7 Å². The fraction of sp³-hybridized carbons (Fsp3) is 1.00. The average Bonchev–Trinajstić information content (AvgIpc) is 2.23. The first kappa shape index (κ1) is 9.31. The van der Waals surface area contributed by atoms with E-state index in [0.717, 1.165) is 0 Å². The van der Waals surface area contributed by atoms with Gasteiger partial charge in [0.2, 0.25) is 0 Å². The maximum absolute atomic E-state index is 4.31. The lowest BCUT2D eigenvalue weighted by Gasteiger charge is -2.11. The predicted octanol–water partition coefficient (Wildman–Crippen LogP) is 1.99. The summed E-state index contributed by atoms with van der Waals surface area (Å²) in [6, 6.07) is 0. The van der Waals surface area contributed by atoms with Gasteiger partial charge in [0.25, 0.3) is 0 Å². The number of hydrogen-bond acceptors (Lipinski definition) is 2. The van der Waals surface area contributed by atoms with Crippen molar-refractivity contribution in [3.63, 3.8) is 0 Å². The number of likely N-dealkylation sites (tertiary alicyclic amines) is 1. The van der Waals surface area contributed by atoms with Gasteiger partial charge in [-0.3, -0.25) is 4.90 Å². The summed E-state index contributed by atoms with van der Waals surface area (Å²) in [6.07, 6.45) is 2.59. The van der Waals surface area contributed by atoms with Crippen LogP contribution in [-0.4, -0.2) is 23.9 Å². The van der Waals surface area contributed by atoms with Gasteiger partial charge in [0, 0.05) is 0 Å². The monoisotopic (exact) mass is 147 g/mol. The van der Waals surface area contributed by atoms with E-state index in [4.69, 9.17) is 0 Å². The minimum absolute atomic E-state index is 0.542. The third-order valence-electron chi connectivity index (χ3n) is 1.48. The molecule has 0 spiro atoms. The summed E-state index contributed by atoms with van der Waals surface area (Å²) in [5, 5.41) is 0.542. The first-order valence-corrected chi connectivity index (χ1v) is 4.20. The van der Waals surface area contributed by atoms with E-state index in [1.165, 1.54) is 19.4 Å². The molecule has 0 N–H and O–H groups in total. The zero-order valence-corrected chi connectivity index (χ0v) is 7.49. The molecular weight excluding hydrogens is 130 g/mol. The van der Waals surface area contributed by atoms with E-state index in [1.807, 2.05) is 13.8 Å². The molecule has 1 heterocycles. The lowest BCUT2D eigenvalue weighted by molar-refractivity contribution is 0.393. The Morgan fingerprint density at radius 3 is 2.11 bits per heavy atom. The third-order valence-corrected chi connectivity index (χ3v) is 2.13. The van der Waals surface area contributed by atoms with Crippen molar-refractivity contribution >= 4 is 12.6 Å². The lowest BCUT2D eigenvalue weighted by atomic mass is 10.4. The number of hydrogen-bond donors (Lipinski definition) is 1. The SMILES string of the molecule is CC.CN1CCCC1S. The molecule has 1 aliphatic heterocycles. The van der Waals surface area contributed by atoms with E-state index in [2.05, 4.69) is 24.6 Å². The van der Waals surface area contributed by atoms with Gasteiger partial charge in [-0.2, -0.15) is 12.6 Å². The largest absolute Gasteiger partial charge is 0.295 e. The van der Waals surface area contributed by atoms with E-state index < -0.39 is 0 Å². The summed E-state index contributed by atoms with van der Waals surface area (Å²) in [7, 11) is 2.12. The van der Waals surface area contributed by atoms with Crippen LogP contribution < -0.4 is 0 Å². The Bertz CT molecular complexity index is 57.9. The maximum Gasteiger partial charge on any atom is 0.0525 e. The predicted molar refractivity (Wildman–Crippen MR) is 46.0 cm³/mol. The molecule has 56 valence electrons. The Balaban J connectivity index is 0.000000291. The Morgan fingerprint density at radius 2 is 2.00 bits per heavy atom. The fourth-order valence-electron chi connectivity index (χ4n) is 0.893. The molecule has 0 aromatic heterocycles. The van der Waals surface area contributed by atoms with Crippen LogP contribution in [0.2, 0.25) is 0 Å². The molecule has 1 nitrogen and oxygen atoms in total. The van der Waals surface area contributed by atoms with Crippen LogP contribution in [0.4, 0.5) is 0 Å². The Kier molecular flexibility index (Phi) is 5.30. The van der Waals surface area contributed by atoms with Crippen LogP contribution in [0.15, 0.2) is 0 Å². The third kappa shape index (κ3) is 3.11. The molecule has 1 aliphatic rings. The van der Waals surface area contributed by atoms with E-state index in [-0.39, 0.29) is 0 Å². The minimum atomic E-state index is 0.542. The highest BCUT2D eigenvalue weighted by Crippen LogP contribution is 2.16. The smallest absolute Gasteiger partial charge is 0.0525 e. The molecule has 0 aromatic carbocycles. The van der Waals surface area contributed by atoms with Gasteiger partial charge in [0.1, 0.15) is 0 Å². The summed E-state index contributed by atoms with van der Waals surface area (Å²) in [4.78, 5) is 2.27. The molecule has 1 atom stereocenters. The standard InChI is InChI=1S/C5H11NS.C2H6/c1-6-4-2-3-5(6)7;1-2/h5,7H,2-4H2,1H3;1-2H3. The van der Waals surface area contributed by atoms with Crippen molar-refractivity contribution in [2.45, 2.75) is 32.1 Å². The van der Waals surface area contributed by atoms with E-state index in [1.54, 1.807) is 0 Å². The second-order valence-corrected chi connectivity index (χ2v) is 2.70. The van der Waals surface area contributed by atoms with E-state index in [9.17, 15) is 0 Å². The normalized spacial score (nSPS) is 27.3. The lowest BCUT2D eigenvalue weighted by Crippen LogP contribution is -2.18. The van der Waals surface area contributed by atoms with Gasteiger partial charge in [-0.25, -0.2) is 0 Å². The first-order valence-electron chi connectivity index (χ1n) is 3.69. The molecule has 0 saturated carbocycles. The summed E-state index contributed by atoms with van der Waals surface area (Å²) >= 11 is 4.31. The molecule has 1 fully saturated rings. The zero-order chi connectivity index (χ0) is 7.28. The van der Waals surface area contributed by atoms with Crippen LogP contribution in [-0.2, 0) is 0 Å². The van der Waals surface area contributed by atoms with Crippen LogP contribution >= 0.6 is 12.6 Å². The Labute approximate surface area is 63.8 Å². The molecule has 0 aromatic rings. The van der Waals surface area contributed by atoms with Gasteiger partial charge in [-0.15, -0.1) is 0 Å². The van der Waals surface area contributed by atoms with Crippen molar-refractivity contribution in [1.29, 1.82) is 0 Å². The fourth-order valence-corrected chi connectivity index (χ4v) is 1.19. The summed E-state index contributed by atoms with van der Waals surface area (Å²) < 4.78 is 0. The highest BCUT2D eigenvalue weighted by molar-refractivity contribution is 7.80. The van der Waals surface area contributed by atoms with Gasteiger partial charge < -0.3 is 0 Å². The Morgan fingerprint density at radius 1 is 1.44 bits per heavy atom. The van der Waals surface area contributed by atoms with Gasteiger partial charge in [0.05, 0.1) is 5.37 Å². The van der Waals surface area contributed by atoms with Crippen molar-refractivity contribution in [3.8, 4) is 0 Å². The molecule has 2 heteroatoms. The highest BCUT2D eigenvalue weighted by atomic mass is 32.1.